The van der Waals surface area contributed by atoms with E-state index in [1.165, 1.54) is 0 Å². The van der Waals surface area contributed by atoms with Crippen LogP contribution in [-0.4, -0.2) is 83.6 Å². The highest BCUT2D eigenvalue weighted by molar-refractivity contribution is 6.16. The van der Waals surface area contributed by atoms with Gasteiger partial charge in [0.2, 0.25) is 5.78 Å². The number of aromatic nitrogens is 3. The standard InChI is InChI=1S/C37H39N7O5/c1-21-33(22(2)44(6)41-21)34-28(27-19-26(48-7)12-13-30(27)40-34)20-32-35(45)29-18-25(11-14-31(29)49-32)39-37(47)38-24-10-8-9-23(17-24)36(46)43(5)16-15-42(3)4/h8-14,17-20,40H,15-16H2,1-7H3,(H2,38,39,47). The molecule has 3 heterocycles. The Kier molecular flexibility index (Phi) is 8.98. The van der Waals surface area contributed by atoms with E-state index in [4.69, 9.17) is 9.47 Å². The maximum Gasteiger partial charge on any atom is 0.323 e. The Labute approximate surface area is 284 Å². The lowest BCUT2D eigenvalue weighted by Gasteiger charge is -2.20. The highest BCUT2D eigenvalue weighted by Gasteiger charge is 2.29. The van der Waals surface area contributed by atoms with Gasteiger partial charge in [-0.3, -0.25) is 14.3 Å². The first-order chi connectivity index (χ1) is 23.4. The number of allylic oxidation sites excluding steroid dienone is 1. The first-order valence-corrected chi connectivity index (χ1v) is 15.8. The predicted molar refractivity (Wildman–Crippen MR) is 191 cm³/mol. The van der Waals surface area contributed by atoms with Crippen molar-refractivity contribution >= 4 is 46.1 Å². The summed E-state index contributed by atoms with van der Waals surface area (Å²) in [7, 11) is 9.15. The summed E-state index contributed by atoms with van der Waals surface area (Å²) < 4.78 is 13.4. The molecule has 3 N–H and O–H groups in total. The number of H-pyrrole nitrogens is 1. The third-order valence-electron chi connectivity index (χ3n) is 8.60. The van der Waals surface area contributed by atoms with Gasteiger partial charge in [-0.2, -0.15) is 5.10 Å². The van der Waals surface area contributed by atoms with Crippen molar-refractivity contribution in [3.63, 3.8) is 0 Å². The number of ketones is 1. The van der Waals surface area contributed by atoms with Gasteiger partial charge in [0.25, 0.3) is 5.91 Å². The number of aryl methyl sites for hydroxylation is 2. The van der Waals surface area contributed by atoms with E-state index in [9.17, 15) is 14.4 Å². The monoisotopic (exact) mass is 661 g/mol. The van der Waals surface area contributed by atoms with Crippen molar-refractivity contribution in [3.8, 4) is 22.8 Å². The molecule has 0 bridgehead atoms. The third kappa shape index (κ3) is 6.63. The van der Waals surface area contributed by atoms with E-state index < -0.39 is 6.03 Å². The van der Waals surface area contributed by atoms with Gasteiger partial charge in [0.15, 0.2) is 5.76 Å². The van der Waals surface area contributed by atoms with Crippen LogP contribution < -0.4 is 20.1 Å². The maximum absolute atomic E-state index is 13.7. The Hall–Kier alpha value is -5.88. The van der Waals surface area contributed by atoms with Gasteiger partial charge in [-0.05, 0) is 88.6 Å². The van der Waals surface area contributed by atoms with Crippen molar-refractivity contribution < 1.29 is 23.9 Å². The van der Waals surface area contributed by atoms with Crippen LogP contribution in [0.2, 0.25) is 0 Å². The molecule has 2 aromatic heterocycles. The topological polar surface area (TPSA) is 134 Å². The Bertz CT molecular complexity index is 2140. The average molecular weight is 662 g/mol. The van der Waals surface area contributed by atoms with Gasteiger partial charge in [-0.15, -0.1) is 0 Å². The molecule has 3 amide bonds. The summed E-state index contributed by atoms with van der Waals surface area (Å²) in [5.74, 6) is 0.763. The number of hydrogen-bond donors (Lipinski definition) is 3. The SMILES string of the molecule is COc1ccc2[nH]c(-c3c(C)nn(C)c3C)c(C=C3Oc4ccc(NC(=O)Nc5cccc(C(=O)N(C)CCN(C)C)c5)cc4C3=O)c2c1. The lowest BCUT2D eigenvalue weighted by Crippen LogP contribution is -2.33. The van der Waals surface area contributed by atoms with Gasteiger partial charge in [0, 0.05) is 71.8 Å². The number of rotatable bonds is 9. The minimum absolute atomic E-state index is 0.142. The van der Waals surface area contributed by atoms with Crippen molar-refractivity contribution in [1.82, 2.24) is 24.6 Å². The molecule has 0 radical (unpaired) electrons. The number of Topliss-reactive ketones (excluding diaryl/α,β-unsaturated/α-hetero) is 1. The van der Waals surface area contributed by atoms with E-state index in [-0.39, 0.29) is 17.4 Å². The molecule has 0 spiro atoms. The third-order valence-corrected chi connectivity index (χ3v) is 8.60. The van der Waals surface area contributed by atoms with Gasteiger partial charge < -0.3 is 34.9 Å². The van der Waals surface area contributed by atoms with Crippen LogP contribution in [-0.2, 0) is 7.05 Å². The molecule has 0 fully saturated rings. The fraction of sp³-hybridized carbons (Fsp3) is 0.243. The second-order valence-corrected chi connectivity index (χ2v) is 12.3. The number of amides is 3. The number of carbonyl (C=O) groups is 3. The highest BCUT2D eigenvalue weighted by atomic mass is 16.5. The van der Waals surface area contributed by atoms with Crippen LogP contribution in [0.3, 0.4) is 0 Å². The van der Waals surface area contributed by atoms with Crippen molar-refractivity contribution in [2.75, 3.05) is 52.0 Å². The van der Waals surface area contributed by atoms with Gasteiger partial charge in [-0.25, -0.2) is 4.79 Å². The number of nitrogens with zero attached hydrogens (tertiary/aromatic N) is 4. The smallest absolute Gasteiger partial charge is 0.323 e. The van der Waals surface area contributed by atoms with Crippen LogP contribution in [0.4, 0.5) is 16.2 Å². The molecule has 12 heteroatoms. The maximum atomic E-state index is 13.7. The highest BCUT2D eigenvalue weighted by Crippen LogP contribution is 2.39. The van der Waals surface area contributed by atoms with Crippen molar-refractivity contribution in [2.24, 2.45) is 7.05 Å². The van der Waals surface area contributed by atoms with E-state index in [1.807, 2.05) is 62.8 Å². The number of anilines is 2. The van der Waals surface area contributed by atoms with Crippen molar-refractivity contribution in [3.05, 3.63) is 94.5 Å². The number of likely N-dealkylation sites (N-methyl/N-ethyl adjacent to an activating group) is 2. The second-order valence-electron chi connectivity index (χ2n) is 12.3. The number of fused-ring (bicyclic) bond motifs is 2. The molecule has 0 unspecified atom stereocenters. The van der Waals surface area contributed by atoms with E-state index in [0.717, 1.165) is 45.7 Å². The summed E-state index contributed by atoms with van der Waals surface area (Å²) >= 11 is 0. The lowest BCUT2D eigenvalue weighted by molar-refractivity contribution is 0.0786. The molecule has 0 saturated carbocycles. The molecule has 1 aliphatic heterocycles. The molecule has 1 aliphatic rings. The molecule has 0 aliphatic carbocycles. The average Bonchev–Trinajstić information content (AvgIpc) is 3.67. The molecule has 0 saturated heterocycles. The van der Waals surface area contributed by atoms with Gasteiger partial charge >= 0.3 is 6.03 Å². The van der Waals surface area contributed by atoms with Crippen LogP contribution in [0, 0.1) is 13.8 Å². The molecule has 5 aromatic rings. The Morgan fingerprint density at radius 1 is 1.00 bits per heavy atom. The molecular formula is C37H39N7O5. The zero-order valence-electron chi connectivity index (χ0n) is 28.6. The largest absolute Gasteiger partial charge is 0.497 e. The molecular weight excluding hydrogens is 622 g/mol. The van der Waals surface area contributed by atoms with Crippen molar-refractivity contribution in [2.45, 2.75) is 13.8 Å². The first kappa shape index (κ1) is 33.0. The zero-order chi connectivity index (χ0) is 35.0. The van der Waals surface area contributed by atoms with Crippen LogP contribution in [0.5, 0.6) is 11.5 Å². The van der Waals surface area contributed by atoms with Gasteiger partial charge in [0.1, 0.15) is 11.5 Å². The lowest BCUT2D eigenvalue weighted by atomic mass is 10.0. The quantitative estimate of drug-likeness (QED) is 0.163. The predicted octanol–water partition coefficient (Wildman–Crippen LogP) is 6.09. The molecule has 6 rings (SSSR count). The molecule has 252 valence electrons. The van der Waals surface area contributed by atoms with Crippen LogP contribution in [0.1, 0.15) is 37.7 Å². The number of ether oxygens (including phenoxy) is 2. The molecule has 0 atom stereocenters. The summed E-state index contributed by atoms with van der Waals surface area (Å²) in [6, 6.07) is 16.9. The van der Waals surface area contributed by atoms with E-state index >= 15 is 0 Å². The van der Waals surface area contributed by atoms with Crippen LogP contribution in [0.25, 0.3) is 28.2 Å². The fourth-order valence-corrected chi connectivity index (χ4v) is 5.89. The van der Waals surface area contributed by atoms with E-state index in [0.29, 0.717) is 40.5 Å². The number of carbonyl (C=O) groups excluding carboxylic acids is 3. The van der Waals surface area contributed by atoms with Crippen molar-refractivity contribution in [1.29, 1.82) is 0 Å². The zero-order valence-corrected chi connectivity index (χ0v) is 28.6. The molecule has 3 aromatic carbocycles. The minimum Gasteiger partial charge on any atom is -0.497 e. The van der Waals surface area contributed by atoms with Gasteiger partial charge in [-0.1, -0.05) is 6.07 Å². The Morgan fingerprint density at radius 3 is 2.45 bits per heavy atom. The number of benzene rings is 3. The number of hydrogen-bond acceptors (Lipinski definition) is 7. The summed E-state index contributed by atoms with van der Waals surface area (Å²) in [6.07, 6.45) is 1.74. The fourth-order valence-electron chi connectivity index (χ4n) is 5.89. The molecule has 49 heavy (non-hydrogen) atoms. The number of urea groups is 1. The van der Waals surface area contributed by atoms with Gasteiger partial charge in [0.05, 0.1) is 24.1 Å². The number of nitrogens with one attached hydrogen (secondary N) is 3. The van der Waals surface area contributed by atoms with Crippen LogP contribution in [0.15, 0.2) is 66.4 Å². The number of methoxy groups -OCH3 is 1. The Morgan fingerprint density at radius 2 is 1.76 bits per heavy atom. The summed E-state index contributed by atoms with van der Waals surface area (Å²) in [4.78, 5) is 46.7. The number of aromatic amines is 1. The van der Waals surface area contributed by atoms with E-state index in [1.54, 1.807) is 67.6 Å². The summed E-state index contributed by atoms with van der Waals surface area (Å²) in [6.45, 7) is 5.26. The summed E-state index contributed by atoms with van der Waals surface area (Å²) in [5.41, 5.74) is 6.87. The summed E-state index contributed by atoms with van der Waals surface area (Å²) in [5, 5.41) is 11.0. The normalized spacial score (nSPS) is 13.1. The first-order valence-electron chi connectivity index (χ1n) is 15.8. The molecule has 12 nitrogen and oxygen atoms in total. The second kappa shape index (κ2) is 13.3. The minimum atomic E-state index is -0.521. The van der Waals surface area contributed by atoms with E-state index in [2.05, 4.69) is 20.7 Å². The van der Waals surface area contributed by atoms with Crippen LogP contribution >= 0.6 is 0 Å². The Balaban J connectivity index is 1.23.